The van der Waals surface area contributed by atoms with E-state index in [-0.39, 0.29) is 23.2 Å². The second-order valence-corrected chi connectivity index (χ2v) is 13.2. The number of aryl methyl sites for hydroxylation is 1. The summed E-state index contributed by atoms with van der Waals surface area (Å²) in [6.45, 7) is 14.0. The largest absolute Gasteiger partial charge is 0.451 e. The predicted molar refractivity (Wildman–Crippen MR) is 143 cm³/mol. The molecular formula is C31H43NO6. The fraction of sp³-hybridized carbons (Fsp3) is 0.677. The highest BCUT2D eigenvalue weighted by atomic mass is 16.6. The van der Waals surface area contributed by atoms with Crippen LogP contribution in [0.5, 0.6) is 0 Å². The Bertz CT molecular complexity index is 1240. The highest BCUT2D eigenvalue weighted by molar-refractivity contribution is 5.96. The topological polar surface area (TPSA) is 109 Å². The van der Waals surface area contributed by atoms with Crippen molar-refractivity contribution in [1.29, 1.82) is 0 Å². The van der Waals surface area contributed by atoms with Crippen LogP contribution in [0.2, 0.25) is 0 Å². The number of aliphatic hydroxyl groups excluding tert-OH is 2. The summed E-state index contributed by atoms with van der Waals surface area (Å²) in [7, 11) is 0. The molecule has 0 amide bonds. The van der Waals surface area contributed by atoms with Gasteiger partial charge in [0.2, 0.25) is 0 Å². The second-order valence-electron chi connectivity index (χ2n) is 13.2. The van der Waals surface area contributed by atoms with Gasteiger partial charge in [-0.25, -0.2) is 4.79 Å². The lowest BCUT2D eigenvalue weighted by Gasteiger charge is -2.48. The van der Waals surface area contributed by atoms with Crippen LogP contribution in [0.1, 0.15) is 75.5 Å². The van der Waals surface area contributed by atoms with Crippen molar-refractivity contribution in [1.82, 2.24) is 4.57 Å². The Morgan fingerprint density at radius 2 is 1.82 bits per heavy atom. The third kappa shape index (κ3) is 3.57. The van der Waals surface area contributed by atoms with E-state index >= 15 is 0 Å². The van der Waals surface area contributed by atoms with Gasteiger partial charge in [0.25, 0.3) is 0 Å². The van der Waals surface area contributed by atoms with Gasteiger partial charge >= 0.3 is 5.97 Å². The third-order valence-electron chi connectivity index (χ3n) is 10.6. The molecule has 7 atom stereocenters. The number of carbonyl (C=O) groups excluding carboxylic acids is 2. The minimum Gasteiger partial charge on any atom is -0.451 e. The Kier molecular flexibility index (Phi) is 6.41. The Labute approximate surface area is 225 Å². The molecule has 4 aliphatic rings. The van der Waals surface area contributed by atoms with E-state index < -0.39 is 47.1 Å². The van der Waals surface area contributed by atoms with Crippen molar-refractivity contribution in [2.24, 2.45) is 34.5 Å². The summed E-state index contributed by atoms with van der Waals surface area (Å²) in [5.74, 6) is -0.951. The summed E-state index contributed by atoms with van der Waals surface area (Å²) >= 11 is 0. The first-order valence-electron chi connectivity index (χ1n) is 14.0. The van der Waals surface area contributed by atoms with Gasteiger partial charge in [0.05, 0.1) is 17.6 Å². The first-order valence-corrected chi connectivity index (χ1v) is 14.0. The van der Waals surface area contributed by atoms with Crippen molar-refractivity contribution in [3.8, 4) is 0 Å². The maximum absolute atomic E-state index is 14.5. The van der Waals surface area contributed by atoms with Gasteiger partial charge in [-0.05, 0) is 79.9 Å². The Balaban J connectivity index is 1.60. The van der Waals surface area contributed by atoms with Crippen LogP contribution in [0.25, 0.3) is 0 Å². The number of esters is 1. The lowest BCUT2D eigenvalue weighted by molar-refractivity contribution is -0.190. The molecule has 7 heteroatoms. The Morgan fingerprint density at radius 1 is 1.16 bits per heavy atom. The molecule has 4 aliphatic carbocycles. The zero-order valence-corrected chi connectivity index (χ0v) is 23.7. The van der Waals surface area contributed by atoms with Crippen molar-refractivity contribution in [2.45, 2.75) is 92.1 Å². The molecule has 0 unspecified atom stereocenters. The summed E-state index contributed by atoms with van der Waals surface area (Å²) in [4.78, 5) is 28.2. The summed E-state index contributed by atoms with van der Waals surface area (Å²) in [5.41, 5.74) is -1.29. The number of ketones is 1. The highest BCUT2D eigenvalue weighted by Gasteiger charge is 2.73. The predicted octanol–water partition coefficient (Wildman–Crippen LogP) is 3.90. The fourth-order valence-corrected chi connectivity index (χ4v) is 7.72. The zero-order valence-electron chi connectivity index (χ0n) is 23.7. The lowest BCUT2D eigenvalue weighted by atomic mass is 9.59. The summed E-state index contributed by atoms with van der Waals surface area (Å²) in [6, 6.07) is 0. The van der Waals surface area contributed by atoms with Crippen molar-refractivity contribution in [3.05, 3.63) is 46.3 Å². The summed E-state index contributed by atoms with van der Waals surface area (Å²) in [6.07, 6.45) is 5.60. The highest BCUT2D eigenvalue weighted by Crippen LogP contribution is 2.62. The SMILES string of the molecule is CC1=C[C@]23C(=O)[C@@H](C=C(CO)[C@@H](O)[C@]2(O)[C@H]1OC(=O)c1c(C)cn(CC2CC2)c1C)C(C)(C)[C@@H](C)C[C@H]3C. The van der Waals surface area contributed by atoms with E-state index in [9.17, 15) is 24.9 Å². The summed E-state index contributed by atoms with van der Waals surface area (Å²) in [5, 5.41) is 34.6. The van der Waals surface area contributed by atoms with E-state index in [0.29, 0.717) is 23.5 Å². The van der Waals surface area contributed by atoms with Gasteiger partial charge in [-0.15, -0.1) is 0 Å². The molecule has 0 aromatic carbocycles. The monoisotopic (exact) mass is 525 g/mol. The average molecular weight is 526 g/mol. The van der Waals surface area contributed by atoms with E-state index in [1.807, 2.05) is 40.8 Å². The van der Waals surface area contributed by atoms with Gasteiger partial charge in [0.15, 0.2) is 17.5 Å². The van der Waals surface area contributed by atoms with Crippen LogP contribution in [0.4, 0.5) is 0 Å². The van der Waals surface area contributed by atoms with Crippen molar-refractivity contribution in [2.75, 3.05) is 6.61 Å². The molecule has 1 heterocycles. The summed E-state index contributed by atoms with van der Waals surface area (Å²) < 4.78 is 8.20. The molecule has 2 bridgehead atoms. The standard InChI is InChI=1S/C31H43NO6/c1-16-12-30-19(4)10-18(3)29(6,7)23(26(30)35)11-22(15-33)25(34)31(30,37)27(16)38-28(36)24-17(2)13-32(20(24)5)14-21-8-9-21/h11-13,18-19,21,23,25,27,33-34,37H,8-10,14-15H2,1-7H3/t18-,19+,23+,25+,27-,30-,31-/m0/s1. The lowest BCUT2D eigenvalue weighted by Crippen LogP contribution is -2.65. The van der Waals surface area contributed by atoms with E-state index in [1.165, 1.54) is 12.8 Å². The van der Waals surface area contributed by atoms with Crippen LogP contribution in [-0.4, -0.2) is 56.1 Å². The minimum absolute atomic E-state index is 0.133. The van der Waals surface area contributed by atoms with Crippen LogP contribution in [0.3, 0.4) is 0 Å². The van der Waals surface area contributed by atoms with Gasteiger partial charge in [-0.3, -0.25) is 4.79 Å². The number of nitrogens with zero attached hydrogens (tertiary/aromatic N) is 1. The number of hydrogen-bond acceptors (Lipinski definition) is 6. The molecule has 0 saturated heterocycles. The van der Waals surface area contributed by atoms with Crippen LogP contribution >= 0.6 is 0 Å². The molecule has 208 valence electrons. The molecule has 0 radical (unpaired) electrons. The molecule has 5 rings (SSSR count). The third-order valence-corrected chi connectivity index (χ3v) is 10.6. The number of Topliss-reactive ketones (excluding diaryl/α,β-unsaturated/α-hetero) is 1. The van der Waals surface area contributed by atoms with Gasteiger partial charge in [-0.1, -0.05) is 39.8 Å². The van der Waals surface area contributed by atoms with Crippen LogP contribution in [0.15, 0.2) is 29.5 Å². The number of allylic oxidation sites excluding steroid dienone is 1. The molecule has 3 N–H and O–H groups in total. The number of hydrogen-bond donors (Lipinski definition) is 3. The number of aromatic nitrogens is 1. The van der Waals surface area contributed by atoms with Crippen molar-refractivity contribution < 1.29 is 29.6 Å². The van der Waals surface area contributed by atoms with E-state index in [0.717, 1.165) is 17.8 Å². The molecular weight excluding hydrogens is 482 g/mol. The first kappa shape index (κ1) is 27.4. The second kappa shape index (κ2) is 8.90. The number of rotatable bonds is 5. The first-order chi connectivity index (χ1) is 17.7. The molecule has 1 aromatic rings. The maximum Gasteiger partial charge on any atom is 0.340 e. The quantitative estimate of drug-likeness (QED) is 0.398. The minimum atomic E-state index is -2.15. The van der Waals surface area contributed by atoms with E-state index in [1.54, 1.807) is 19.1 Å². The molecule has 2 saturated carbocycles. The smallest absolute Gasteiger partial charge is 0.340 e. The molecule has 1 aromatic heterocycles. The van der Waals surface area contributed by atoms with E-state index in [2.05, 4.69) is 11.5 Å². The molecule has 2 fully saturated rings. The van der Waals surface area contributed by atoms with Gasteiger partial charge in [-0.2, -0.15) is 0 Å². The van der Waals surface area contributed by atoms with Crippen LogP contribution < -0.4 is 0 Å². The van der Waals surface area contributed by atoms with Crippen molar-refractivity contribution in [3.63, 3.8) is 0 Å². The van der Waals surface area contributed by atoms with Gasteiger partial charge in [0.1, 0.15) is 6.10 Å². The molecule has 7 nitrogen and oxygen atoms in total. The normalized spacial score (nSPS) is 38.2. The molecule has 0 aliphatic heterocycles. The molecule has 38 heavy (non-hydrogen) atoms. The fourth-order valence-electron chi connectivity index (χ4n) is 7.72. The molecule has 1 spiro atoms. The Hall–Kier alpha value is -2.22. The van der Waals surface area contributed by atoms with Crippen LogP contribution in [0, 0.1) is 48.3 Å². The number of aliphatic hydroxyl groups is 3. The van der Waals surface area contributed by atoms with Gasteiger partial charge < -0.3 is 24.6 Å². The maximum atomic E-state index is 14.5. The van der Waals surface area contributed by atoms with Crippen LogP contribution in [-0.2, 0) is 16.1 Å². The van der Waals surface area contributed by atoms with Crippen molar-refractivity contribution >= 4 is 11.8 Å². The number of carbonyl (C=O) groups is 2. The van der Waals surface area contributed by atoms with E-state index in [4.69, 9.17) is 4.74 Å². The number of ether oxygens (including phenoxy) is 1. The average Bonchev–Trinajstić information content (AvgIpc) is 3.59. The Morgan fingerprint density at radius 3 is 2.42 bits per heavy atom. The zero-order chi connectivity index (χ0) is 27.9. The van der Waals surface area contributed by atoms with Gasteiger partial charge in [0, 0.05) is 24.4 Å². The number of fused-ring (bicyclic) bond motifs is 1.